The van der Waals surface area contributed by atoms with Crippen molar-refractivity contribution in [2.75, 3.05) is 12.5 Å². The van der Waals surface area contributed by atoms with E-state index in [0.717, 1.165) is 28.2 Å². The number of hydrogen-bond acceptors (Lipinski definition) is 3. The summed E-state index contributed by atoms with van der Waals surface area (Å²) in [5, 5.41) is 6.29. The van der Waals surface area contributed by atoms with Crippen molar-refractivity contribution < 1.29 is 13.5 Å². The molecule has 0 saturated heterocycles. The lowest BCUT2D eigenvalue weighted by Gasteiger charge is -2.07. The molecule has 0 aliphatic rings. The molecule has 3 aromatic rings. The number of ether oxygens (including phenoxy) is 1. The SMILES string of the molecule is COc1ccc2cc(/C(C)=N\Nc3ccc(F)cc3F)ccc2c1. The van der Waals surface area contributed by atoms with Crippen molar-refractivity contribution in [1.82, 2.24) is 0 Å². The van der Waals surface area contributed by atoms with Crippen molar-refractivity contribution in [1.29, 1.82) is 0 Å². The molecule has 0 spiro atoms. The number of benzene rings is 3. The number of hydrogen-bond donors (Lipinski definition) is 1. The fourth-order valence-corrected chi connectivity index (χ4v) is 2.36. The molecule has 0 saturated carbocycles. The van der Waals surface area contributed by atoms with E-state index < -0.39 is 11.6 Å². The number of fused-ring (bicyclic) bond motifs is 1. The Morgan fingerprint density at radius 2 is 1.71 bits per heavy atom. The summed E-state index contributed by atoms with van der Waals surface area (Å²) in [6, 6.07) is 15.0. The Kier molecular flexibility index (Phi) is 4.42. The first-order valence-corrected chi connectivity index (χ1v) is 7.40. The van der Waals surface area contributed by atoms with Gasteiger partial charge in [0.1, 0.15) is 11.6 Å². The Morgan fingerprint density at radius 1 is 0.958 bits per heavy atom. The third-order valence-electron chi connectivity index (χ3n) is 3.74. The van der Waals surface area contributed by atoms with Crippen LogP contribution >= 0.6 is 0 Å². The highest BCUT2D eigenvalue weighted by atomic mass is 19.1. The third-order valence-corrected chi connectivity index (χ3v) is 3.74. The molecule has 0 radical (unpaired) electrons. The molecule has 24 heavy (non-hydrogen) atoms. The monoisotopic (exact) mass is 326 g/mol. The molecule has 0 amide bonds. The van der Waals surface area contributed by atoms with Gasteiger partial charge >= 0.3 is 0 Å². The smallest absolute Gasteiger partial charge is 0.151 e. The molecule has 0 bridgehead atoms. The minimum absolute atomic E-state index is 0.126. The maximum absolute atomic E-state index is 13.6. The second-order valence-corrected chi connectivity index (χ2v) is 5.36. The van der Waals surface area contributed by atoms with Crippen LogP contribution in [0.15, 0.2) is 59.7 Å². The number of anilines is 1. The van der Waals surface area contributed by atoms with E-state index in [2.05, 4.69) is 10.5 Å². The lowest BCUT2D eigenvalue weighted by atomic mass is 10.0. The molecular formula is C19H16F2N2O. The van der Waals surface area contributed by atoms with Crippen LogP contribution in [0.5, 0.6) is 5.75 Å². The number of halogens is 2. The van der Waals surface area contributed by atoms with Crippen LogP contribution < -0.4 is 10.2 Å². The lowest BCUT2D eigenvalue weighted by molar-refractivity contribution is 0.415. The van der Waals surface area contributed by atoms with E-state index in [1.807, 2.05) is 43.3 Å². The fraction of sp³-hybridized carbons (Fsp3) is 0.105. The molecule has 5 heteroatoms. The van der Waals surface area contributed by atoms with Crippen molar-refractivity contribution in [2.24, 2.45) is 5.10 Å². The van der Waals surface area contributed by atoms with Gasteiger partial charge in [-0.3, -0.25) is 5.43 Å². The minimum Gasteiger partial charge on any atom is -0.497 e. The van der Waals surface area contributed by atoms with Crippen LogP contribution in [-0.4, -0.2) is 12.8 Å². The van der Waals surface area contributed by atoms with Crippen LogP contribution in [0.1, 0.15) is 12.5 Å². The van der Waals surface area contributed by atoms with E-state index >= 15 is 0 Å². The maximum atomic E-state index is 13.6. The van der Waals surface area contributed by atoms with Gasteiger partial charge in [-0.2, -0.15) is 5.10 Å². The lowest BCUT2D eigenvalue weighted by Crippen LogP contribution is -2.01. The summed E-state index contributed by atoms with van der Waals surface area (Å²) in [7, 11) is 1.63. The van der Waals surface area contributed by atoms with Crippen molar-refractivity contribution in [2.45, 2.75) is 6.92 Å². The molecule has 0 heterocycles. The highest BCUT2D eigenvalue weighted by Gasteiger charge is 2.04. The molecule has 0 fully saturated rings. The normalized spacial score (nSPS) is 11.6. The minimum atomic E-state index is -0.683. The Labute approximate surface area is 138 Å². The van der Waals surface area contributed by atoms with Crippen LogP contribution in [0.4, 0.5) is 14.5 Å². The van der Waals surface area contributed by atoms with Gasteiger partial charge in [-0.05, 0) is 53.6 Å². The highest BCUT2D eigenvalue weighted by molar-refractivity contribution is 6.02. The number of nitrogens with one attached hydrogen (secondary N) is 1. The van der Waals surface area contributed by atoms with Crippen LogP contribution in [0.2, 0.25) is 0 Å². The van der Waals surface area contributed by atoms with Gasteiger partial charge in [0, 0.05) is 6.07 Å². The summed E-state index contributed by atoms with van der Waals surface area (Å²) in [5.74, 6) is -0.505. The summed E-state index contributed by atoms with van der Waals surface area (Å²) < 4.78 is 31.7. The van der Waals surface area contributed by atoms with Gasteiger partial charge in [0.25, 0.3) is 0 Å². The predicted octanol–water partition coefficient (Wildman–Crippen LogP) is 4.96. The second-order valence-electron chi connectivity index (χ2n) is 5.36. The Balaban J connectivity index is 1.85. The van der Waals surface area contributed by atoms with Gasteiger partial charge in [0.05, 0.1) is 18.5 Å². The fourth-order valence-electron chi connectivity index (χ4n) is 2.36. The van der Waals surface area contributed by atoms with Gasteiger partial charge in [-0.15, -0.1) is 0 Å². The van der Waals surface area contributed by atoms with E-state index in [-0.39, 0.29) is 5.69 Å². The van der Waals surface area contributed by atoms with E-state index in [1.54, 1.807) is 7.11 Å². The van der Waals surface area contributed by atoms with Gasteiger partial charge in [0.2, 0.25) is 0 Å². The van der Waals surface area contributed by atoms with Crippen LogP contribution in [0.3, 0.4) is 0 Å². The quantitative estimate of drug-likeness (QED) is 0.543. The summed E-state index contributed by atoms with van der Waals surface area (Å²) in [5.41, 5.74) is 4.35. The molecule has 3 nitrogen and oxygen atoms in total. The number of methoxy groups -OCH3 is 1. The van der Waals surface area contributed by atoms with Gasteiger partial charge < -0.3 is 4.74 Å². The maximum Gasteiger partial charge on any atom is 0.151 e. The van der Waals surface area contributed by atoms with Crippen molar-refractivity contribution >= 4 is 22.2 Å². The average molecular weight is 326 g/mol. The number of nitrogens with zero attached hydrogens (tertiary/aromatic N) is 1. The molecule has 1 N–H and O–H groups in total. The van der Waals surface area contributed by atoms with Crippen molar-refractivity contribution in [3.8, 4) is 5.75 Å². The van der Waals surface area contributed by atoms with Crippen molar-refractivity contribution in [3.05, 3.63) is 71.8 Å². The molecule has 3 aromatic carbocycles. The first-order valence-electron chi connectivity index (χ1n) is 7.40. The Bertz CT molecular complexity index is 922. The van der Waals surface area contributed by atoms with E-state index in [0.29, 0.717) is 5.71 Å². The Hall–Kier alpha value is -2.95. The molecular weight excluding hydrogens is 310 g/mol. The first kappa shape index (κ1) is 15.9. The molecule has 122 valence electrons. The number of hydrazone groups is 1. The van der Waals surface area contributed by atoms with Crippen LogP contribution in [-0.2, 0) is 0 Å². The van der Waals surface area contributed by atoms with E-state index in [9.17, 15) is 8.78 Å². The average Bonchev–Trinajstić information content (AvgIpc) is 2.59. The molecule has 3 rings (SSSR count). The van der Waals surface area contributed by atoms with E-state index in [4.69, 9.17) is 4.74 Å². The molecule has 0 aromatic heterocycles. The molecule has 0 atom stereocenters. The van der Waals surface area contributed by atoms with Gasteiger partial charge in [0.15, 0.2) is 5.82 Å². The van der Waals surface area contributed by atoms with E-state index in [1.165, 1.54) is 12.1 Å². The molecule has 0 unspecified atom stereocenters. The summed E-state index contributed by atoms with van der Waals surface area (Å²) in [4.78, 5) is 0. The van der Waals surface area contributed by atoms with Crippen molar-refractivity contribution in [3.63, 3.8) is 0 Å². The third kappa shape index (κ3) is 3.35. The van der Waals surface area contributed by atoms with Crippen LogP contribution in [0, 0.1) is 11.6 Å². The zero-order valence-electron chi connectivity index (χ0n) is 13.3. The zero-order chi connectivity index (χ0) is 17.1. The summed E-state index contributed by atoms with van der Waals surface area (Å²) >= 11 is 0. The largest absolute Gasteiger partial charge is 0.497 e. The molecule has 0 aliphatic carbocycles. The predicted molar refractivity (Wildman–Crippen MR) is 92.7 cm³/mol. The summed E-state index contributed by atoms with van der Waals surface area (Å²) in [6.07, 6.45) is 0. The number of rotatable bonds is 4. The topological polar surface area (TPSA) is 33.6 Å². The summed E-state index contributed by atoms with van der Waals surface area (Å²) in [6.45, 7) is 1.82. The van der Waals surface area contributed by atoms with Crippen LogP contribution in [0.25, 0.3) is 10.8 Å². The Morgan fingerprint density at radius 3 is 2.46 bits per heavy atom. The second kappa shape index (κ2) is 6.66. The van der Waals surface area contributed by atoms with Gasteiger partial charge in [-0.25, -0.2) is 8.78 Å². The first-order chi connectivity index (χ1) is 11.6. The standard InChI is InChI=1S/C19H16F2N2O/c1-12(22-23-19-8-6-16(20)11-18(19)21)13-3-4-15-10-17(24-2)7-5-14(15)9-13/h3-11,23H,1-2H3/b22-12-. The van der Waals surface area contributed by atoms with Gasteiger partial charge in [-0.1, -0.05) is 18.2 Å². The molecule has 0 aliphatic heterocycles. The zero-order valence-corrected chi connectivity index (χ0v) is 13.3. The highest BCUT2D eigenvalue weighted by Crippen LogP contribution is 2.22.